The average molecular weight is 493 g/mol. The maximum Gasteiger partial charge on any atom is 0.416 e. The standard InChI is InChI=1S/C21H21Cl2F3N2O2S/c1-28(12-13-3-5-14(6-4-13)21(24,25)26)20(30)18(9-10-31-2)27-19(29)16-8-7-15(22)11-17(16)23/h3-8,11,18H,9-10,12H2,1-2H3,(H,27,29). The number of amides is 2. The molecule has 0 radical (unpaired) electrons. The van der Waals surface area contributed by atoms with Crippen molar-refractivity contribution in [3.05, 3.63) is 69.2 Å². The van der Waals surface area contributed by atoms with Crippen molar-refractivity contribution in [3.8, 4) is 0 Å². The molecule has 1 atom stereocenters. The monoisotopic (exact) mass is 492 g/mol. The lowest BCUT2D eigenvalue weighted by Gasteiger charge is -2.25. The van der Waals surface area contributed by atoms with E-state index in [2.05, 4.69) is 5.32 Å². The number of alkyl halides is 3. The minimum atomic E-state index is -4.42. The van der Waals surface area contributed by atoms with Gasteiger partial charge in [0.25, 0.3) is 5.91 Å². The summed E-state index contributed by atoms with van der Waals surface area (Å²) in [5.74, 6) is -0.240. The topological polar surface area (TPSA) is 49.4 Å². The Morgan fingerprint density at radius 1 is 1.13 bits per heavy atom. The molecule has 0 aliphatic rings. The average Bonchev–Trinajstić information content (AvgIpc) is 2.70. The van der Waals surface area contributed by atoms with Crippen molar-refractivity contribution >= 4 is 46.8 Å². The molecule has 2 rings (SSSR count). The van der Waals surface area contributed by atoms with Crippen molar-refractivity contribution in [3.63, 3.8) is 0 Å². The molecule has 2 amide bonds. The molecule has 0 saturated carbocycles. The van der Waals surface area contributed by atoms with Crippen LogP contribution in [0.15, 0.2) is 42.5 Å². The molecule has 0 aromatic heterocycles. The minimum Gasteiger partial charge on any atom is -0.340 e. The summed E-state index contributed by atoms with van der Waals surface area (Å²) in [6.07, 6.45) is -2.16. The Morgan fingerprint density at radius 2 is 1.77 bits per heavy atom. The highest BCUT2D eigenvalue weighted by Crippen LogP contribution is 2.29. The van der Waals surface area contributed by atoms with Crippen molar-refractivity contribution in [2.75, 3.05) is 19.1 Å². The Balaban J connectivity index is 2.11. The van der Waals surface area contributed by atoms with Crippen molar-refractivity contribution < 1.29 is 22.8 Å². The van der Waals surface area contributed by atoms with Gasteiger partial charge in [-0.3, -0.25) is 9.59 Å². The first-order valence-corrected chi connectivity index (χ1v) is 11.3. The number of hydrogen-bond donors (Lipinski definition) is 1. The molecule has 0 heterocycles. The van der Waals surface area contributed by atoms with Crippen LogP contribution in [-0.2, 0) is 17.5 Å². The molecule has 1 N–H and O–H groups in total. The van der Waals surface area contributed by atoms with Crippen molar-refractivity contribution in [2.45, 2.75) is 25.2 Å². The predicted molar refractivity (Wildman–Crippen MR) is 119 cm³/mol. The van der Waals surface area contributed by atoms with Gasteiger partial charge >= 0.3 is 6.18 Å². The van der Waals surface area contributed by atoms with E-state index in [0.717, 1.165) is 12.1 Å². The van der Waals surface area contributed by atoms with Crippen LogP contribution in [0.1, 0.15) is 27.9 Å². The minimum absolute atomic E-state index is 0.101. The lowest BCUT2D eigenvalue weighted by Crippen LogP contribution is -2.47. The molecule has 0 saturated heterocycles. The van der Waals surface area contributed by atoms with Crippen molar-refractivity contribution in [1.29, 1.82) is 0 Å². The molecule has 0 aliphatic heterocycles. The normalized spacial score (nSPS) is 12.4. The number of carbonyl (C=O) groups excluding carboxylic acids is 2. The first-order valence-electron chi connectivity index (χ1n) is 9.19. The smallest absolute Gasteiger partial charge is 0.340 e. The number of likely N-dealkylation sites (N-methyl/N-ethyl adjacent to an activating group) is 1. The second-order valence-electron chi connectivity index (χ2n) is 6.82. The third kappa shape index (κ3) is 7.33. The number of carbonyl (C=O) groups is 2. The fourth-order valence-corrected chi connectivity index (χ4v) is 3.79. The first kappa shape index (κ1) is 25.4. The Bertz CT molecular complexity index is 924. The lowest BCUT2D eigenvalue weighted by atomic mass is 10.1. The quantitative estimate of drug-likeness (QED) is 0.527. The number of nitrogens with one attached hydrogen (secondary N) is 1. The van der Waals surface area contributed by atoms with Crippen LogP contribution < -0.4 is 5.32 Å². The van der Waals surface area contributed by atoms with Crippen molar-refractivity contribution in [2.24, 2.45) is 0 Å². The summed E-state index contributed by atoms with van der Waals surface area (Å²) in [6, 6.07) is 8.23. The van der Waals surface area contributed by atoms with E-state index < -0.39 is 23.7 Å². The molecule has 168 valence electrons. The fraction of sp³-hybridized carbons (Fsp3) is 0.333. The van der Waals surface area contributed by atoms with Gasteiger partial charge in [0.1, 0.15) is 6.04 Å². The third-order valence-electron chi connectivity index (χ3n) is 4.47. The van der Waals surface area contributed by atoms with Crippen LogP contribution in [0.5, 0.6) is 0 Å². The van der Waals surface area contributed by atoms with Crippen LogP contribution >= 0.6 is 35.0 Å². The second kappa shape index (κ2) is 11.1. The van der Waals surface area contributed by atoms with E-state index in [1.807, 2.05) is 6.26 Å². The van der Waals surface area contributed by atoms with E-state index in [-0.39, 0.29) is 23.0 Å². The predicted octanol–water partition coefficient (Wildman–Crippen LogP) is 5.52. The number of benzene rings is 2. The second-order valence-corrected chi connectivity index (χ2v) is 8.65. The van der Waals surface area contributed by atoms with E-state index >= 15 is 0 Å². The summed E-state index contributed by atoms with van der Waals surface area (Å²) in [6.45, 7) is 0.101. The highest BCUT2D eigenvalue weighted by molar-refractivity contribution is 7.98. The van der Waals surface area contributed by atoms with Crippen LogP contribution in [0.3, 0.4) is 0 Å². The van der Waals surface area contributed by atoms with Crippen LogP contribution in [0.4, 0.5) is 13.2 Å². The maximum atomic E-state index is 13.0. The van der Waals surface area contributed by atoms with Gasteiger partial charge in [-0.05, 0) is 54.3 Å². The number of hydrogen-bond acceptors (Lipinski definition) is 3. The molecule has 2 aromatic rings. The molecule has 0 bridgehead atoms. The SMILES string of the molecule is CSCCC(NC(=O)c1ccc(Cl)cc1Cl)C(=O)N(C)Cc1ccc(C(F)(F)F)cc1. The number of thioether (sulfide) groups is 1. The van der Waals surface area contributed by atoms with Crippen LogP contribution in [-0.4, -0.2) is 41.8 Å². The largest absolute Gasteiger partial charge is 0.416 e. The Morgan fingerprint density at radius 3 is 2.32 bits per heavy atom. The van der Waals surface area contributed by atoms with Gasteiger partial charge in [0.2, 0.25) is 5.91 Å². The molecule has 31 heavy (non-hydrogen) atoms. The van der Waals surface area contributed by atoms with E-state index in [1.165, 1.54) is 54.0 Å². The highest BCUT2D eigenvalue weighted by Gasteiger charge is 2.30. The van der Waals surface area contributed by atoms with Gasteiger partial charge in [-0.15, -0.1) is 0 Å². The number of rotatable bonds is 8. The summed E-state index contributed by atoms with van der Waals surface area (Å²) in [5.41, 5.74) is -0.0202. The molecule has 1 unspecified atom stereocenters. The van der Waals surface area contributed by atoms with Crippen molar-refractivity contribution in [1.82, 2.24) is 10.2 Å². The molecule has 0 spiro atoms. The Kier molecular flexibility index (Phi) is 9.09. The first-order chi connectivity index (χ1) is 14.5. The van der Waals surface area contributed by atoms with Gasteiger partial charge in [0, 0.05) is 18.6 Å². The zero-order chi connectivity index (χ0) is 23.2. The van der Waals surface area contributed by atoms with Crippen LogP contribution in [0, 0.1) is 0 Å². The number of halogens is 5. The maximum absolute atomic E-state index is 13.0. The van der Waals surface area contributed by atoms with Gasteiger partial charge in [0.15, 0.2) is 0 Å². The molecule has 10 heteroatoms. The number of nitrogens with zero attached hydrogens (tertiary/aromatic N) is 1. The van der Waals surface area contributed by atoms with E-state index in [4.69, 9.17) is 23.2 Å². The summed E-state index contributed by atoms with van der Waals surface area (Å²) in [7, 11) is 1.54. The van der Waals surface area contributed by atoms with E-state index in [1.54, 1.807) is 0 Å². The molecule has 0 aliphatic carbocycles. The van der Waals surface area contributed by atoms with Gasteiger partial charge < -0.3 is 10.2 Å². The van der Waals surface area contributed by atoms with Gasteiger partial charge in [-0.25, -0.2) is 0 Å². The van der Waals surface area contributed by atoms with Crippen LogP contribution in [0.2, 0.25) is 10.0 Å². The Labute approximate surface area is 193 Å². The van der Waals surface area contributed by atoms with Crippen LogP contribution in [0.25, 0.3) is 0 Å². The molecular formula is C21H21Cl2F3N2O2S. The molecule has 4 nitrogen and oxygen atoms in total. The van der Waals surface area contributed by atoms with Gasteiger partial charge in [0.05, 0.1) is 16.1 Å². The zero-order valence-corrected chi connectivity index (χ0v) is 19.1. The van der Waals surface area contributed by atoms with E-state index in [0.29, 0.717) is 22.8 Å². The van der Waals surface area contributed by atoms with Gasteiger partial charge in [-0.2, -0.15) is 24.9 Å². The molecule has 0 fully saturated rings. The third-order valence-corrected chi connectivity index (χ3v) is 5.66. The Hall–Kier alpha value is -1.90. The fourth-order valence-electron chi connectivity index (χ4n) is 2.82. The van der Waals surface area contributed by atoms with Gasteiger partial charge in [-0.1, -0.05) is 35.3 Å². The zero-order valence-electron chi connectivity index (χ0n) is 16.8. The van der Waals surface area contributed by atoms with E-state index in [9.17, 15) is 22.8 Å². The molecular weight excluding hydrogens is 472 g/mol. The molecule has 2 aromatic carbocycles. The summed E-state index contributed by atoms with van der Waals surface area (Å²) >= 11 is 13.5. The highest BCUT2D eigenvalue weighted by atomic mass is 35.5. The lowest BCUT2D eigenvalue weighted by molar-refractivity contribution is -0.137. The summed E-state index contributed by atoms with van der Waals surface area (Å²) < 4.78 is 38.2. The summed E-state index contributed by atoms with van der Waals surface area (Å²) in [5, 5.41) is 3.25. The summed E-state index contributed by atoms with van der Waals surface area (Å²) in [4.78, 5) is 27.0.